The third-order valence-electron chi connectivity index (χ3n) is 0.814. The van der Waals surface area contributed by atoms with E-state index in [4.69, 9.17) is 22.8 Å². The summed E-state index contributed by atoms with van der Waals surface area (Å²) in [7, 11) is 0. The van der Waals surface area contributed by atoms with E-state index in [0.717, 1.165) is 0 Å². The predicted molar refractivity (Wildman–Crippen MR) is 39.2 cm³/mol. The fourth-order valence-electron chi connectivity index (χ4n) is 0.453. The fourth-order valence-corrected chi connectivity index (χ4v) is 0.580. The van der Waals surface area contributed by atoms with E-state index in [2.05, 4.69) is 21.1 Å². The molecule has 0 N–H and O–H groups in total. The van der Waals surface area contributed by atoms with Crippen LogP contribution in [0.1, 0.15) is 0 Å². The molecule has 1 aromatic rings. The number of hydrogen-bond acceptors (Lipinski definition) is 4. The number of rotatable bonds is 2. The van der Waals surface area contributed by atoms with Crippen LogP contribution in [0.4, 0.5) is 0 Å². The Bertz CT molecular complexity index is 283. The monoisotopic (exact) mass is 169 g/mol. The van der Waals surface area contributed by atoms with Crippen molar-refractivity contribution in [3.05, 3.63) is 11.5 Å². The quantitative estimate of drug-likeness (QED) is 0.607. The second-order valence-electron chi connectivity index (χ2n) is 1.56. The Morgan fingerprint density at radius 2 is 2.55 bits per heavy atom. The van der Waals surface area contributed by atoms with Crippen molar-refractivity contribution in [1.29, 1.82) is 0 Å². The molecule has 0 amide bonds. The van der Waals surface area contributed by atoms with Crippen molar-refractivity contribution in [3.63, 3.8) is 0 Å². The molecule has 56 valence electrons. The third-order valence-corrected chi connectivity index (χ3v) is 0.974. The zero-order valence-electron chi connectivity index (χ0n) is 5.49. The van der Waals surface area contributed by atoms with Crippen molar-refractivity contribution in [2.45, 2.75) is 0 Å². The van der Waals surface area contributed by atoms with Gasteiger partial charge in [-0.05, 0) is 11.6 Å². The van der Waals surface area contributed by atoms with E-state index in [1.807, 2.05) is 0 Å². The number of nitrogens with zero attached hydrogens (tertiary/aromatic N) is 3. The molecular formula is C6H4ClN3O. The normalized spacial score (nSPS) is 8.73. The molecule has 1 heterocycles. The maximum absolute atomic E-state index is 5.41. The Labute approximate surface area is 68.6 Å². The number of terminal acetylenes is 1. The van der Waals surface area contributed by atoms with Crippen LogP contribution in [0.15, 0.2) is 6.20 Å². The smallest absolute Gasteiger partial charge is 0.246 e. The van der Waals surface area contributed by atoms with E-state index in [1.54, 1.807) is 0 Å². The molecule has 0 saturated heterocycles. The molecule has 0 unspecified atom stereocenters. The minimum Gasteiger partial charge on any atom is -0.463 e. The molecule has 0 aliphatic heterocycles. The van der Waals surface area contributed by atoms with Crippen LogP contribution < -0.4 is 4.74 Å². The first-order valence-electron chi connectivity index (χ1n) is 2.74. The lowest BCUT2D eigenvalue weighted by atomic mass is 10.7. The summed E-state index contributed by atoms with van der Waals surface area (Å²) in [6.45, 7) is 0.148. The molecule has 1 aromatic heterocycles. The van der Waals surface area contributed by atoms with E-state index >= 15 is 0 Å². The zero-order chi connectivity index (χ0) is 8.10. The average molecular weight is 170 g/mol. The largest absolute Gasteiger partial charge is 0.463 e. The predicted octanol–water partition coefficient (Wildman–Crippen LogP) is 0.537. The summed E-state index contributed by atoms with van der Waals surface area (Å²) in [4.78, 5) is 3.68. The van der Waals surface area contributed by atoms with E-state index < -0.39 is 0 Å². The highest BCUT2D eigenvalue weighted by Crippen LogP contribution is 2.05. The molecule has 4 nitrogen and oxygen atoms in total. The van der Waals surface area contributed by atoms with Crippen molar-refractivity contribution in [2.75, 3.05) is 6.61 Å². The van der Waals surface area contributed by atoms with Gasteiger partial charge in [0.25, 0.3) is 0 Å². The lowest BCUT2D eigenvalue weighted by molar-refractivity contribution is 0.352. The molecule has 0 aliphatic rings. The standard InChI is InChI=1S/C6H4ClN3O/c1-2-3-11-5-4-8-10-6(7)9-5/h1,4H,3H2. The second kappa shape index (κ2) is 3.74. The molecule has 0 aromatic carbocycles. The lowest BCUT2D eigenvalue weighted by Gasteiger charge is -1.97. The van der Waals surface area contributed by atoms with E-state index in [1.165, 1.54) is 6.20 Å². The maximum atomic E-state index is 5.41. The number of aromatic nitrogens is 3. The summed E-state index contributed by atoms with van der Waals surface area (Å²) in [5, 5.41) is 6.96. The summed E-state index contributed by atoms with van der Waals surface area (Å²) in [5.41, 5.74) is 0. The molecule has 0 radical (unpaired) electrons. The first-order chi connectivity index (χ1) is 5.33. The van der Waals surface area contributed by atoms with E-state index in [0.29, 0.717) is 0 Å². The molecule has 0 saturated carbocycles. The number of hydrogen-bond donors (Lipinski definition) is 0. The summed E-state index contributed by atoms with van der Waals surface area (Å²) >= 11 is 5.41. The Morgan fingerprint density at radius 1 is 1.73 bits per heavy atom. The molecule has 0 fully saturated rings. The molecule has 0 aliphatic carbocycles. The Hall–Kier alpha value is -1.34. The lowest BCUT2D eigenvalue weighted by Crippen LogP contribution is -1.97. The van der Waals surface area contributed by atoms with Gasteiger partial charge in [-0.15, -0.1) is 11.5 Å². The maximum Gasteiger partial charge on any atom is 0.246 e. The van der Waals surface area contributed by atoms with Crippen LogP contribution in [0.3, 0.4) is 0 Å². The highest BCUT2D eigenvalue weighted by atomic mass is 35.5. The minimum absolute atomic E-state index is 0.0412. The highest BCUT2D eigenvalue weighted by molar-refractivity contribution is 6.28. The number of ether oxygens (including phenoxy) is 1. The van der Waals surface area contributed by atoms with Gasteiger partial charge in [0.1, 0.15) is 6.20 Å². The van der Waals surface area contributed by atoms with Gasteiger partial charge in [-0.2, -0.15) is 10.1 Å². The van der Waals surface area contributed by atoms with Gasteiger partial charge in [0.15, 0.2) is 6.61 Å². The highest BCUT2D eigenvalue weighted by Gasteiger charge is 1.95. The van der Waals surface area contributed by atoms with Crippen molar-refractivity contribution in [1.82, 2.24) is 15.2 Å². The number of halogens is 1. The van der Waals surface area contributed by atoms with Gasteiger partial charge in [0.05, 0.1) is 0 Å². The van der Waals surface area contributed by atoms with Crippen LogP contribution >= 0.6 is 11.6 Å². The van der Waals surface area contributed by atoms with Crippen LogP contribution in [-0.4, -0.2) is 21.8 Å². The van der Waals surface area contributed by atoms with Crippen molar-refractivity contribution in [2.24, 2.45) is 0 Å². The second-order valence-corrected chi connectivity index (χ2v) is 1.89. The average Bonchev–Trinajstić information content (AvgIpc) is 2.01. The summed E-state index contributed by atoms with van der Waals surface area (Å²) < 4.78 is 4.90. The Kier molecular flexibility index (Phi) is 2.64. The van der Waals surface area contributed by atoms with Gasteiger partial charge in [0, 0.05) is 0 Å². The molecule has 0 bridgehead atoms. The Morgan fingerprint density at radius 3 is 3.18 bits per heavy atom. The zero-order valence-corrected chi connectivity index (χ0v) is 6.25. The van der Waals surface area contributed by atoms with E-state index in [9.17, 15) is 0 Å². The minimum atomic E-state index is 0.0412. The summed E-state index contributed by atoms with van der Waals surface area (Å²) in [5.74, 6) is 2.56. The molecular weight excluding hydrogens is 166 g/mol. The van der Waals surface area contributed by atoms with Crippen molar-refractivity contribution >= 4 is 11.6 Å². The fraction of sp³-hybridized carbons (Fsp3) is 0.167. The topological polar surface area (TPSA) is 47.9 Å². The van der Waals surface area contributed by atoms with Crippen LogP contribution in [0, 0.1) is 12.3 Å². The van der Waals surface area contributed by atoms with Crippen LogP contribution in [0.5, 0.6) is 5.88 Å². The summed E-state index contributed by atoms with van der Waals surface area (Å²) in [6, 6.07) is 0. The first-order valence-corrected chi connectivity index (χ1v) is 3.12. The molecule has 0 spiro atoms. The van der Waals surface area contributed by atoms with Crippen LogP contribution in [0.2, 0.25) is 5.28 Å². The summed E-state index contributed by atoms with van der Waals surface area (Å²) in [6.07, 6.45) is 6.28. The van der Waals surface area contributed by atoms with Crippen molar-refractivity contribution in [3.8, 4) is 18.2 Å². The van der Waals surface area contributed by atoms with Gasteiger partial charge >= 0.3 is 0 Å². The molecule has 5 heteroatoms. The Balaban J connectivity index is 2.65. The van der Waals surface area contributed by atoms with Crippen molar-refractivity contribution < 1.29 is 4.74 Å². The third kappa shape index (κ3) is 2.40. The van der Waals surface area contributed by atoms with Crippen LogP contribution in [0.25, 0.3) is 0 Å². The van der Waals surface area contributed by atoms with Gasteiger partial charge in [-0.1, -0.05) is 5.92 Å². The van der Waals surface area contributed by atoms with Gasteiger partial charge in [0.2, 0.25) is 11.2 Å². The van der Waals surface area contributed by atoms with E-state index in [-0.39, 0.29) is 17.8 Å². The molecule has 1 rings (SSSR count). The van der Waals surface area contributed by atoms with Crippen LogP contribution in [-0.2, 0) is 0 Å². The molecule has 0 atom stereocenters. The molecule has 11 heavy (non-hydrogen) atoms. The van der Waals surface area contributed by atoms with Gasteiger partial charge in [-0.3, -0.25) is 0 Å². The van der Waals surface area contributed by atoms with Gasteiger partial charge < -0.3 is 4.74 Å². The first kappa shape index (κ1) is 7.76. The van der Waals surface area contributed by atoms with Gasteiger partial charge in [-0.25, -0.2) is 0 Å². The SMILES string of the molecule is C#CCOc1cnnc(Cl)n1.